The van der Waals surface area contributed by atoms with Crippen molar-refractivity contribution >= 4 is 33.2 Å². The predicted octanol–water partition coefficient (Wildman–Crippen LogP) is 2.02. The van der Waals surface area contributed by atoms with Crippen LogP contribution >= 0.6 is 11.3 Å². The van der Waals surface area contributed by atoms with Crippen molar-refractivity contribution in [1.82, 2.24) is 34.9 Å². The summed E-state index contributed by atoms with van der Waals surface area (Å²) in [5, 5.41) is 11.8. The molecule has 4 aromatic heterocycles. The van der Waals surface area contributed by atoms with Gasteiger partial charge in [0.2, 0.25) is 0 Å². The molecule has 0 fully saturated rings. The Kier molecular flexibility index (Phi) is 4.87. The molecule has 29 heavy (non-hydrogen) atoms. The fraction of sp³-hybridized carbons (Fsp3) is 0.368. The van der Waals surface area contributed by atoms with Crippen molar-refractivity contribution in [3.8, 4) is 0 Å². The van der Waals surface area contributed by atoms with Gasteiger partial charge in [-0.3, -0.25) is 14.0 Å². The van der Waals surface area contributed by atoms with Crippen molar-refractivity contribution in [3.05, 3.63) is 49.9 Å². The largest absolute Gasteiger partial charge is 0.351 e. The van der Waals surface area contributed by atoms with Crippen molar-refractivity contribution in [3.63, 3.8) is 0 Å². The highest BCUT2D eigenvalue weighted by atomic mass is 32.1. The first kappa shape index (κ1) is 19.2. The molecule has 150 valence electrons. The van der Waals surface area contributed by atoms with E-state index in [2.05, 4.69) is 30.5 Å². The van der Waals surface area contributed by atoms with Gasteiger partial charge in [-0.25, -0.2) is 9.97 Å². The van der Waals surface area contributed by atoms with Crippen LogP contribution in [0.3, 0.4) is 0 Å². The molecule has 0 bridgehead atoms. The van der Waals surface area contributed by atoms with Crippen LogP contribution in [0.1, 0.15) is 44.7 Å². The zero-order valence-corrected chi connectivity index (χ0v) is 17.5. The number of carbonyl (C=O) groups is 1. The van der Waals surface area contributed by atoms with Crippen LogP contribution in [0.2, 0.25) is 0 Å². The Bertz CT molecular complexity index is 1300. The normalized spacial score (nSPS) is 11.4. The van der Waals surface area contributed by atoms with Gasteiger partial charge in [-0.05, 0) is 45.7 Å². The summed E-state index contributed by atoms with van der Waals surface area (Å²) in [5.41, 5.74) is 2.39. The van der Waals surface area contributed by atoms with E-state index in [1.54, 1.807) is 13.8 Å². The lowest BCUT2D eigenvalue weighted by Crippen LogP contribution is -2.24. The highest BCUT2D eigenvalue weighted by Gasteiger charge is 2.18. The van der Waals surface area contributed by atoms with Crippen LogP contribution in [0.15, 0.2) is 10.9 Å². The lowest BCUT2D eigenvalue weighted by molar-refractivity contribution is 0.0956. The second-order valence-corrected chi connectivity index (χ2v) is 8.04. The van der Waals surface area contributed by atoms with E-state index in [9.17, 15) is 9.59 Å². The Labute approximate surface area is 170 Å². The van der Waals surface area contributed by atoms with Gasteiger partial charge in [0.15, 0.2) is 0 Å². The summed E-state index contributed by atoms with van der Waals surface area (Å²) in [7, 11) is 0. The summed E-state index contributed by atoms with van der Waals surface area (Å²) in [5.74, 6) is 1.76. The third-order valence-electron chi connectivity index (χ3n) is 4.75. The molecule has 0 aromatic carbocycles. The molecule has 2 N–H and O–H groups in total. The average Bonchev–Trinajstić information content (AvgIpc) is 3.19. The maximum absolute atomic E-state index is 12.6. The van der Waals surface area contributed by atoms with Crippen molar-refractivity contribution in [1.29, 1.82) is 0 Å². The summed E-state index contributed by atoms with van der Waals surface area (Å²) in [4.78, 5) is 37.3. The van der Waals surface area contributed by atoms with Gasteiger partial charge in [-0.2, -0.15) is 0 Å². The van der Waals surface area contributed by atoms with Gasteiger partial charge in [-0.15, -0.1) is 21.5 Å². The maximum Gasteiger partial charge on any atom is 0.261 e. The van der Waals surface area contributed by atoms with Crippen molar-refractivity contribution in [2.24, 2.45) is 0 Å². The third-order valence-corrected chi connectivity index (χ3v) is 5.93. The number of H-pyrrole nitrogens is 1. The Morgan fingerprint density at radius 2 is 2.00 bits per heavy atom. The minimum absolute atomic E-state index is 0.192. The first-order valence-electron chi connectivity index (χ1n) is 9.31. The molecule has 0 saturated heterocycles. The summed E-state index contributed by atoms with van der Waals surface area (Å²) in [6, 6.07) is 1.99. The molecule has 1 amide bonds. The van der Waals surface area contributed by atoms with E-state index in [0.29, 0.717) is 51.6 Å². The smallest absolute Gasteiger partial charge is 0.261 e. The van der Waals surface area contributed by atoms with E-state index in [1.807, 2.05) is 24.3 Å². The van der Waals surface area contributed by atoms with Gasteiger partial charge in [0, 0.05) is 24.4 Å². The van der Waals surface area contributed by atoms with Crippen molar-refractivity contribution < 1.29 is 4.79 Å². The lowest BCUT2D eigenvalue weighted by atomic mass is 10.2. The molecule has 0 aliphatic rings. The number of aryl methyl sites for hydroxylation is 5. The van der Waals surface area contributed by atoms with E-state index in [1.165, 1.54) is 11.3 Å². The number of hydrogen-bond acceptors (Lipinski definition) is 7. The molecular formula is C19H21N7O2S. The highest BCUT2D eigenvalue weighted by Crippen LogP contribution is 2.26. The van der Waals surface area contributed by atoms with Gasteiger partial charge in [0.25, 0.3) is 17.2 Å². The van der Waals surface area contributed by atoms with Gasteiger partial charge in [-0.1, -0.05) is 0 Å². The van der Waals surface area contributed by atoms with Crippen LogP contribution in [0.4, 0.5) is 0 Å². The molecule has 0 spiro atoms. The molecule has 0 aliphatic heterocycles. The first-order valence-corrected chi connectivity index (χ1v) is 10.1. The second-order valence-electron chi connectivity index (χ2n) is 7.04. The van der Waals surface area contributed by atoms with E-state index >= 15 is 0 Å². The number of nitrogens with one attached hydrogen (secondary N) is 2. The van der Waals surface area contributed by atoms with E-state index in [0.717, 1.165) is 17.2 Å². The molecule has 0 saturated carbocycles. The van der Waals surface area contributed by atoms with Crippen LogP contribution in [0, 0.1) is 27.7 Å². The fourth-order valence-corrected chi connectivity index (χ4v) is 4.60. The molecule has 4 rings (SSSR count). The summed E-state index contributed by atoms with van der Waals surface area (Å²) in [6.07, 6.45) is 1.38. The number of fused-ring (bicyclic) bond motifs is 2. The van der Waals surface area contributed by atoms with E-state index in [4.69, 9.17) is 0 Å². The predicted molar refractivity (Wildman–Crippen MR) is 111 cm³/mol. The number of rotatable bonds is 5. The van der Waals surface area contributed by atoms with Crippen LogP contribution in [0.5, 0.6) is 0 Å². The van der Waals surface area contributed by atoms with Crippen LogP contribution in [-0.4, -0.2) is 42.0 Å². The monoisotopic (exact) mass is 411 g/mol. The molecule has 0 radical (unpaired) electrons. The van der Waals surface area contributed by atoms with Gasteiger partial charge in [0.1, 0.15) is 16.5 Å². The van der Waals surface area contributed by atoms with Gasteiger partial charge < -0.3 is 10.3 Å². The first-order chi connectivity index (χ1) is 13.8. The fourth-order valence-electron chi connectivity index (χ4n) is 3.46. The number of aromatic amines is 1. The Morgan fingerprint density at radius 1 is 1.21 bits per heavy atom. The Balaban J connectivity index is 1.44. The summed E-state index contributed by atoms with van der Waals surface area (Å²) in [6.45, 7) is 7.92. The van der Waals surface area contributed by atoms with E-state index < -0.39 is 0 Å². The molecule has 9 nitrogen and oxygen atoms in total. The maximum atomic E-state index is 12.6. The van der Waals surface area contributed by atoms with E-state index in [-0.39, 0.29) is 11.5 Å². The number of carbonyl (C=O) groups excluding carboxylic acids is 1. The molecule has 0 atom stereocenters. The Morgan fingerprint density at radius 3 is 2.79 bits per heavy atom. The van der Waals surface area contributed by atoms with Crippen LogP contribution in [-0.2, 0) is 6.42 Å². The zero-order chi connectivity index (χ0) is 20.7. The molecular weight excluding hydrogens is 390 g/mol. The van der Waals surface area contributed by atoms with Crippen molar-refractivity contribution in [2.75, 3.05) is 6.54 Å². The highest BCUT2D eigenvalue weighted by molar-refractivity contribution is 7.20. The van der Waals surface area contributed by atoms with Gasteiger partial charge >= 0.3 is 0 Å². The minimum atomic E-state index is -0.210. The number of amides is 1. The molecule has 4 aromatic rings. The minimum Gasteiger partial charge on any atom is -0.351 e. The SMILES string of the molecule is Cc1cc(C)n2c(CCCNC(=O)c3sc4nc(C)[nH]c(=O)c4c3C)nnc2n1. The topological polar surface area (TPSA) is 118 Å². The number of nitrogens with zero attached hydrogens (tertiary/aromatic N) is 5. The summed E-state index contributed by atoms with van der Waals surface area (Å²) >= 11 is 1.24. The number of aromatic nitrogens is 6. The quantitative estimate of drug-likeness (QED) is 0.485. The van der Waals surface area contributed by atoms with Crippen LogP contribution in [0.25, 0.3) is 16.0 Å². The molecule has 0 aliphatic carbocycles. The van der Waals surface area contributed by atoms with Crippen molar-refractivity contribution in [2.45, 2.75) is 40.5 Å². The number of hydrogen-bond donors (Lipinski definition) is 2. The average molecular weight is 411 g/mol. The lowest BCUT2D eigenvalue weighted by Gasteiger charge is -2.06. The number of thiophene rings is 1. The molecule has 4 heterocycles. The Hall–Kier alpha value is -3.14. The summed E-state index contributed by atoms with van der Waals surface area (Å²) < 4.78 is 1.94. The second kappa shape index (κ2) is 7.36. The standard InChI is InChI=1S/C19H21N7O2S/c1-9-8-10(2)26-13(24-25-19(26)21-9)6-5-7-20-17(28)15-11(3)14-16(27)22-12(4)23-18(14)29-15/h8H,5-7H2,1-4H3,(H,20,28)(H,22,23,27). The van der Waals surface area contributed by atoms with Gasteiger partial charge in [0.05, 0.1) is 10.3 Å². The third kappa shape index (κ3) is 3.51. The zero-order valence-electron chi connectivity index (χ0n) is 16.7. The molecule has 0 unspecified atom stereocenters. The van der Waals surface area contributed by atoms with Crippen LogP contribution < -0.4 is 10.9 Å². The molecule has 10 heteroatoms.